The zero-order valence-electron chi connectivity index (χ0n) is 16.1. The number of hydrogen-bond donors (Lipinski definition) is 1. The molecule has 140 valence electrons. The van der Waals surface area contributed by atoms with Gasteiger partial charge in [0.05, 0.1) is 17.6 Å². The number of anilines is 1. The minimum absolute atomic E-state index is 0.0960. The Morgan fingerprint density at radius 2 is 2.19 bits per heavy atom. The predicted octanol–water partition coefficient (Wildman–Crippen LogP) is 2.58. The summed E-state index contributed by atoms with van der Waals surface area (Å²) >= 11 is 0. The molecule has 2 fully saturated rings. The molecule has 0 spiro atoms. The standard InChI is InChI=1S/C20H28N4O2/c1-13(2)16-10-24(19(25)20(7-8-20)12-26-4)11-17(16)23-18-15(9-21)6-5-14(3)22-18/h5-6,13,16-17H,7-8,10-12H2,1-4H3,(H,22,23)/t16-,17+/m0/s1. The molecule has 0 radical (unpaired) electrons. The molecule has 1 aliphatic carbocycles. The number of carbonyl (C=O) groups excluding carboxylic acids is 1. The quantitative estimate of drug-likeness (QED) is 0.847. The molecule has 1 aromatic heterocycles. The van der Waals surface area contributed by atoms with Gasteiger partial charge in [-0.1, -0.05) is 13.8 Å². The average molecular weight is 356 g/mol. The van der Waals surface area contributed by atoms with Crippen molar-refractivity contribution < 1.29 is 9.53 Å². The lowest BCUT2D eigenvalue weighted by Gasteiger charge is -2.23. The molecule has 1 saturated heterocycles. The Hall–Kier alpha value is -2.13. The number of rotatable bonds is 6. The van der Waals surface area contributed by atoms with E-state index < -0.39 is 0 Å². The molecule has 1 saturated carbocycles. The van der Waals surface area contributed by atoms with Crippen molar-refractivity contribution in [2.45, 2.75) is 39.7 Å². The molecule has 26 heavy (non-hydrogen) atoms. The second kappa shape index (κ2) is 7.24. The molecule has 2 aliphatic rings. The fourth-order valence-electron chi connectivity index (χ4n) is 3.94. The summed E-state index contributed by atoms with van der Waals surface area (Å²) in [6.07, 6.45) is 1.83. The van der Waals surface area contributed by atoms with Gasteiger partial charge in [-0.05, 0) is 37.8 Å². The molecule has 6 nitrogen and oxygen atoms in total. The Balaban J connectivity index is 1.78. The monoisotopic (exact) mass is 356 g/mol. The summed E-state index contributed by atoms with van der Waals surface area (Å²) in [5.41, 5.74) is 1.11. The Morgan fingerprint density at radius 1 is 1.46 bits per heavy atom. The van der Waals surface area contributed by atoms with E-state index in [1.807, 2.05) is 17.9 Å². The first-order valence-electron chi connectivity index (χ1n) is 9.33. The number of ether oxygens (including phenoxy) is 1. The van der Waals surface area contributed by atoms with Crippen molar-refractivity contribution in [3.63, 3.8) is 0 Å². The van der Waals surface area contributed by atoms with Crippen LogP contribution in [-0.4, -0.2) is 48.6 Å². The van der Waals surface area contributed by atoms with Crippen molar-refractivity contribution in [2.75, 3.05) is 32.1 Å². The normalized spacial score (nSPS) is 23.8. The third-order valence-corrected chi connectivity index (χ3v) is 5.71. The van der Waals surface area contributed by atoms with E-state index in [4.69, 9.17) is 4.74 Å². The molecular weight excluding hydrogens is 328 g/mol. The molecular formula is C20H28N4O2. The molecule has 1 aliphatic heterocycles. The first-order valence-corrected chi connectivity index (χ1v) is 9.33. The number of nitrogens with one attached hydrogen (secondary N) is 1. The number of nitriles is 1. The van der Waals surface area contributed by atoms with Crippen LogP contribution in [0.1, 0.15) is 37.9 Å². The SMILES string of the molecule is COCC1(C(=O)N2C[C@@H](Nc3nc(C)ccc3C#N)[C@H](C(C)C)C2)CC1. The number of methoxy groups -OCH3 is 1. The van der Waals surface area contributed by atoms with Crippen LogP contribution in [0.3, 0.4) is 0 Å². The topological polar surface area (TPSA) is 78.2 Å². The molecule has 1 aromatic rings. The Kier molecular flexibility index (Phi) is 5.19. The summed E-state index contributed by atoms with van der Waals surface area (Å²) in [7, 11) is 1.66. The highest BCUT2D eigenvalue weighted by atomic mass is 16.5. The van der Waals surface area contributed by atoms with E-state index in [2.05, 4.69) is 30.2 Å². The molecule has 2 heterocycles. The van der Waals surface area contributed by atoms with E-state index in [1.54, 1.807) is 13.2 Å². The van der Waals surface area contributed by atoms with E-state index in [1.165, 1.54) is 0 Å². The first-order chi connectivity index (χ1) is 12.4. The van der Waals surface area contributed by atoms with E-state index in [0.29, 0.717) is 36.4 Å². The molecule has 1 N–H and O–H groups in total. The molecule has 1 amide bonds. The van der Waals surface area contributed by atoms with Crippen molar-refractivity contribution >= 4 is 11.7 Å². The molecule has 0 aromatic carbocycles. The minimum Gasteiger partial charge on any atom is -0.384 e. The Bertz CT molecular complexity index is 721. The summed E-state index contributed by atoms with van der Waals surface area (Å²) in [6.45, 7) is 8.18. The first kappa shape index (κ1) is 18.7. The van der Waals surface area contributed by atoms with Gasteiger partial charge in [0, 0.05) is 37.9 Å². The smallest absolute Gasteiger partial charge is 0.231 e. The van der Waals surface area contributed by atoms with Crippen molar-refractivity contribution in [3.05, 3.63) is 23.4 Å². The van der Waals surface area contributed by atoms with Crippen LogP contribution in [0, 0.1) is 35.5 Å². The largest absolute Gasteiger partial charge is 0.384 e. The van der Waals surface area contributed by atoms with Gasteiger partial charge in [0.15, 0.2) is 0 Å². The molecule has 6 heteroatoms. The zero-order valence-corrected chi connectivity index (χ0v) is 16.1. The number of amides is 1. The maximum atomic E-state index is 13.0. The lowest BCUT2D eigenvalue weighted by Crippen LogP contribution is -2.39. The van der Waals surface area contributed by atoms with Crippen LogP contribution in [0.4, 0.5) is 5.82 Å². The van der Waals surface area contributed by atoms with Gasteiger partial charge >= 0.3 is 0 Å². The number of aryl methyl sites for hydroxylation is 1. The van der Waals surface area contributed by atoms with Gasteiger partial charge in [0.1, 0.15) is 11.9 Å². The summed E-state index contributed by atoms with van der Waals surface area (Å²) < 4.78 is 5.28. The van der Waals surface area contributed by atoms with Crippen molar-refractivity contribution in [3.8, 4) is 6.07 Å². The van der Waals surface area contributed by atoms with Crippen LogP contribution in [0.2, 0.25) is 0 Å². The predicted molar refractivity (Wildman–Crippen MR) is 99.6 cm³/mol. The maximum absolute atomic E-state index is 13.0. The zero-order chi connectivity index (χ0) is 18.9. The van der Waals surface area contributed by atoms with Crippen LogP contribution >= 0.6 is 0 Å². The summed E-state index contributed by atoms with van der Waals surface area (Å²) in [6, 6.07) is 5.94. The third-order valence-electron chi connectivity index (χ3n) is 5.71. The van der Waals surface area contributed by atoms with Crippen LogP contribution in [0.25, 0.3) is 0 Å². The van der Waals surface area contributed by atoms with Crippen LogP contribution in [0.15, 0.2) is 12.1 Å². The number of carbonyl (C=O) groups is 1. The highest BCUT2D eigenvalue weighted by Crippen LogP contribution is 2.48. The summed E-state index contributed by atoms with van der Waals surface area (Å²) in [5, 5.41) is 12.8. The lowest BCUT2D eigenvalue weighted by molar-refractivity contribution is -0.138. The summed E-state index contributed by atoms with van der Waals surface area (Å²) in [4.78, 5) is 19.5. The van der Waals surface area contributed by atoms with Gasteiger partial charge in [0.2, 0.25) is 5.91 Å². The highest BCUT2D eigenvalue weighted by Gasteiger charge is 2.53. The number of likely N-dealkylation sites (tertiary alicyclic amines) is 1. The number of nitrogens with zero attached hydrogens (tertiary/aromatic N) is 3. The van der Waals surface area contributed by atoms with Gasteiger partial charge in [-0.3, -0.25) is 4.79 Å². The Morgan fingerprint density at radius 3 is 2.77 bits per heavy atom. The van der Waals surface area contributed by atoms with Gasteiger partial charge in [-0.25, -0.2) is 4.98 Å². The number of pyridine rings is 1. The second-order valence-corrected chi connectivity index (χ2v) is 8.04. The van der Waals surface area contributed by atoms with E-state index in [9.17, 15) is 10.1 Å². The average Bonchev–Trinajstić information content (AvgIpc) is 3.26. The second-order valence-electron chi connectivity index (χ2n) is 8.04. The molecule has 2 atom stereocenters. The Labute approximate surface area is 155 Å². The van der Waals surface area contributed by atoms with Crippen molar-refractivity contribution in [1.82, 2.24) is 9.88 Å². The molecule has 0 unspecified atom stereocenters. The fraction of sp³-hybridized carbons (Fsp3) is 0.650. The minimum atomic E-state index is -0.301. The molecule has 0 bridgehead atoms. The van der Waals surface area contributed by atoms with E-state index in [-0.39, 0.29) is 17.4 Å². The van der Waals surface area contributed by atoms with Crippen LogP contribution in [-0.2, 0) is 9.53 Å². The van der Waals surface area contributed by atoms with E-state index >= 15 is 0 Å². The van der Waals surface area contributed by atoms with Crippen molar-refractivity contribution in [2.24, 2.45) is 17.3 Å². The van der Waals surface area contributed by atoms with Gasteiger partial charge < -0.3 is 15.0 Å². The van der Waals surface area contributed by atoms with Gasteiger partial charge in [0.25, 0.3) is 0 Å². The van der Waals surface area contributed by atoms with Crippen LogP contribution < -0.4 is 5.32 Å². The third kappa shape index (κ3) is 3.54. The van der Waals surface area contributed by atoms with Crippen molar-refractivity contribution in [1.29, 1.82) is 5.26 Å². The number of aromatic nitrogens is 1. The lowest BCUT2D eigenvalue weighted by atomic mass is 9.91. The van der Waals surface area contributed by atoms with Gasteiger partial charge in [-0.2, -0.15) is 5.26 Å². The van der Waals surface area contributed by atoms with Gasteiger partial charge in [-0.15, -0.1) is 0 Å². The van der Waals surface area contributed by atoms with E-state index in [0.717, 1.165) is 25.1 Å². The fourth-order valence-corrected chi connectivity index (χ4v) is 3.94. The highest BCUT2D eigenvalue weighted by molar-refractivity contribution is 5.86. The van der Waals surface area contributed by atoms with Crippen LogP contribution in [0.5, 0.6) is 0 Å². The molecule has 3 rings (SSSR count). The number of hydrogen-bond acceptors (Lipinski definition) is 5. The maximum Gasteiger partial charge on any atom is 0.231 e. The summed E-state index contributed by atoms with van der Waals surface area (Å²) in [5.74, 6) is 1.59.